The molecule has 0 aromatic heterocycles. The lowest BCUT2D eigenvalue weighted by atomic mass is 10.1. The summed E-state index contributed by atoms with van der Waals surface area (Å²) in [6, 6.07) is 17.5. The highest BCUT2D eigenvalue weighted by Gasteiger charge is 2.13. The van der Waals surface area contributed by atoms with Gasteiger partial charge < -0.3 is 14.8 Å². The molecule has 0 saturated carbocycles. The number of ether oxygens (including phenoxy) is 2. The van der Waals surface area contributed by atoms with Crippen LogP contribution in [0.1, 0.15) is 15.9 Å². The number of methoxy groups -OCH3 is 1. The van der Waals surface area contributed by atoms with Gasteiger partial charge in [-0.05, 0) is 35.9 Å². The Morgan fingerprint density at radius 3 is 2.41 bits per heavy atom. The predicted molar refractivity (Wildman–Crippen MR) is 98.1 cm³/mol. The van der Waals surface area contributed by atoms with Gasteiger partial charge in [-0.2, -0.15) is 0 Å². The van der Waals surface area contributed by atoms with Crippen molar-refractivity contribution in [1.82, 2.24) is 0 Å². The third-order valence-corrected chi connectivity index (χ3v) is 3.84. The summed E-state index contributed by atoms with van der Waals surface area (Å²) >= 11 is 0. The van der Waals surface area contributed by atoms with E-state index < -0.39 is 17.5 Å². The minimum Gasteiger partial charge on any atom is -0.493 e. The molecular formula is C21H17F2NO3. The molecule has 0 fully saturated rings. The Kier molecular flexibility index (Phi) is 5.66. The van der Waals surface area contributed by atoms with Crippen LogP contribution in [-0.4, -0.2) is 13.0 Å². The Bertz CT molecular complexity index is 945. The maximum atomic E-state index is 13.3. The molecule has 4 nitrogen and oxygen atoms in total. The molecule has 0 aliphatic carbocycles. The zero-order valence-electron chi connectivity index (χ0n) is 14.5. The highest BCUT2D eigenvalue weighted by Crippen LogP contribution is 2.29. The van der Waals surface area contributed by atoms with Gasteiger partial charge in [0, 0.05) is 17.3 Å². The molecule has 0 saturated heterocycles. The van der Waals surface area contributed by atoms with E-state index in [-0.39, 0.29) is 5.69 Å². The van der Waals surface area contributed by atoms with Crippen LogP contribution in [0.15, 0.2) is 66.7 Å². The van der Waals surface area contributed by atoms with Crippen molar-refractivity contribution < 1.29 is 23.0 Å². The second-order valence-electron chi connectivity index (χ2n) is 5.72. The first-order valence-corrected chi connectivity index (χ1v) is 8.18. The quantitative estimate of drug-likeness (QED) is 0.679. The topological polar surface area (TPSA) is 47.6 Å². The summed E-state index contributed by atoms with van der Waals surface area (Å²) in [5.41, 5.74) is 1.45. The highest BCUT2D eigenvalue weighted by atomic mass is 19.2. The van der Waals surface area contributed by atoms with Crippen LogP contribution in [0.4, 0.5) is 14.5 Å². The number of carbonyl (C=O) groups is 1. The number of hydrogen-bond donors (Lipinski definition) is 1. The van der Waals surface area contributed by atoms with Gasteiger partial charge >= 0.3 is 0 Å². The summed E-state index contributed by atoms with van der Waals surface area (Å²) in [4.78, 5) is 12.3. The van der Waals surface area contributed by atoms with E-state index in [2.05, 4.69) is 5.32 Å². The number of amides is 1. The molecule has 0 spiro atoms. The Morgan fingerprint density at radius 2 is 1.70 bits per heavy atom. The first kappa shape index (κ1) is 18.4. The second kappa shape index (κ2) is 8.31. The number of hydrogen-bond acceptors (Lipinski definition) is 3. The van der Waals surface area contributed by atoms with E-state index in [9.17, 15) is 13.6 Å². The smallest absolute Gasteiger partial charge is 0.255 e. The molecule has 0 aliphatic heterocycles. The fraction of sp³-hybridized carbons (Fsp3) is 0.0952. The molecule has 138 valence electrons. The predicted octanol–water partition coefficient (Wildman–Crippen LogP) is 4.80. The summed E-state index contributed by atoms with van der Waals surface area (Å²) in [6.45, 7) is 0.359. The molecule has 1 N–H and O–H groups in total. The van der Waals surface area contributed by atoms with Crippen molar-refractivity contribution in [1.29, 1.82) is 0 Å². The zero-order chi connectivity index (χ0) is 19.2. The molecule has 3 aromatic rings. The van der Waals surface area contributed by atoms with Crippen molar-refractivity contribution in [3.63, 3.8) is 0 Å². The first-order valence-electron chi connectivity index (χ1n) is 8.18. The molecule has 27 heavy (non-hydrogen) atoms. The van der Waals surface area contributed by atoms with Crippen LogP contribution in [0.25, 0.3) is 0 Å². The van der Waals surface area contributed by atoms with Crippen LogP contribution in [0.5, 0.6) is 11.5 Å². The van der Waals surface area contributed by atoms with E-state index in [0.29, 0.717) is 23.7 Å². The summed E-state index contributed by atoms with van der Waals surface area (Å²) < 4.78 is 37.3. The number of anilines is 1. The summed E-state index contributed by atoms with van der Waals surface area (Å²) in [5, 5.41) is 2.51. The largest absolute Gasteiger partial charge is 0.493 e. The van der Waals surface area contributed by atoms with Gasteiger partial charge in [-0.15, -0.1) is 0 Å². The molecule has 3 rings (SSSR count). The average molecular weight is 369 g/mol. The van der Waals surface area contributed by atoms with Crippen LogP contribution in [-0.2, 0) is 6.61 Å². The van der Waals surface area contributed by atoms with E-state index >= 15 is 0 Å². The van der Waals surface area contributed by atoms with Crippen molar-refractivity contribution in [3.8, 4) is 11.5 Å². The Labute approximate surface area is 155 Å². The first-order chi connectivity index (χ1) is 13.1. The summed E-state index contributed by atoms with van der Waals surface area (Å²) in [6.07, 6.45) is 0. The van der Waals surface area contributed by atoms with Crippen LogP contribution in [0, 0.1) is 11.6 Å². The maximum Gasteiger partial charge on any atom is 0.255 e. The van der Waals surface area contributed by atoms with Gasteiger partial charge in [-0.3, -0.25) is 4.79 Å². The normalized spacial score (nSPS) is 10.3. The van der Waals surface area contributed by atoms with Gasteiger partial charge in [0.05, 0.1) is 7.11 Å². The van der Waals surface area contributed by atoms with Gasteiger partial charge in [0.2, 0.25) is 0 Å². The van der Waals surface area contributed by atoms with Crippen molar-refractivity contribution >= 4 is 11.6 Å². The van der Waals surface area contributed by atoms with Gasteiger partial charge in [0.1, 0.15) is 6.61 Å². The van der Waals surface area contributed by atoms with Gasteiger partial charge in [-0.25, -0.2) is 8.78 Å². The fourth-order valence-corrected chi connectivity index (χ4v) is 2.44. The van der Waals surface area contributed by atoms with Crippen molar-refractivity contribution in [2.75, 3.05) is 12.4 Å². The third kappa shape index (κ3) is 4.61. The Balaban J connectivity index is 1.72. The molecule has 0 heterocycles. The monoisotopic (exact) mass is 369 g/mol. The Hall–Kier alpha value is -3.41. The second-order valence-corrected chi connectivity index (χ2v) is 5.72. The average Bonchev–Trinajstić information content (AvgIpc) is 2.69. The molecule has 0 bridgehead atoms. The number of benzene rings is 3. The molecule has 1 amide bonds. The Morgan fingerprint density at radius 1 is 0.926 bits per heavy atom. The minimum absolute atomic E-state index is 0.155. The van der Waals surface area contributed by atoms with E-state index in [1.807, 2.05) is 30.3 Å². The third-order valence-electron chi connectivity index (χ3n) is 3.84. The highest BCUT2D eigenvalue weighted by molar-refractivity contribution is 6.04. The molecule has 0 atom stereocenters. The lowest BCUT2D eigenvalue weighted by molar-refractivity contribution is 0.102. The molecule has 6 heteroatoms. The lowest BCUT2D eigenvalue weighted by Crippen LogP contribution is -2.12. The lowest BCUT2D eigenvalue weighted by Gasteiger charge is -2.12. The van der Waals surface area contributed by atoms with E-state index in [1.54, 1.807) is 12.1 Å². The number of nitrogens with one attached hydrogen (secondary N) is 1. The van der Waals surface area contributed by atoms with Crippen LogP contribution in [0.3, 0.4) is 0 Å². The van der Waals surface area contributed by atoms with E-state index in [4.69, 9.17) is 9.47 Å². The molecule has 0 unspecified atom stereocenters. The van der Waals surface area contributed by atoms with Crippen molar-refractivity contribution in [3.05, 3.63) is 89.5 Å². The van der Waals surface area contributed by atoms with Crippen LogP contribution in [0.2, 0.25) is 0 Å². The van der Waals surface area contributed by atoms with Gasteiger partial charge in [0.15, 0.2) is 23.1 Å². The molecular weight excluding hydrogens is 352 g/mol. The molecule has 0 radical (unpaired) electrons. The van der Waals surface area contributed by atoms with Crippen LogP contribution >= 0.6 is 0 Å². The standard InChI is InChI=1S/C21H17F2NO3/c1-26-20-11-15(21(25)24-16-8-9-17(22)18(23)12-16)7-10-19(20)27-13-14-5-3-2-4-6-14/h2-12H,13H2,1H3,(H,24,25). The number of carbonyl (C=O) groups excluding carboxylic acids is 1. The maximum absolute atomic E-state index is 13.3. The van der Waals surface area contributed by atoms with Gasteiger partial charge in [-0.1, -0.05) is 30.3 Å². The molecule has 0 aliphatic rings. The van der Waals surface area contributed by atoms with Crippen molar-refractivity contribution in [2.24, 2.45) is 0 Å². The summed E-state index contributed by atoms with van der Waals surface area (Å²) in [5.74, 6) is -1.60. The van der Waals surface area contributed by atoms with Crippen LogP contribution < -0.4 is 14.8 Å². The number of halogens is 2. The van der Waals surface area contributed by atoms with E-state index in [0.717, 1.165) is 17.7 Å². The SMILES string of the molecule is COc1cc(C(=O)Nc2ccc(F)c(F)c2)ccc1OCc1ccccc1. The summed E-state index contributed by atoms with van der Waals surface area (Å²) in [7, 11) is 1.47. The van der Waals surface area contributed by atoms with Crippen molar-refractivity contribution in [2.45, 2.75) is 6.61 Å². The minimum atomic E-state index is -1.03. The van der Waals surface area contributed by atoms with E-state index in [1.165, 1.54) is 19.2 Å². The fourth-order valence-electron chi connectivity index (χ4n) is 2.44. The molecule has 3 aromatic carbocycles. The van der Waals surface area contributed by atoms with Gasteiger partial charge in [0.25, 0.3) is 5.91 Å². The number of rotatable bonds is 6. The zero-order valence-corrected chi connectivity index (χ0v) is 14.5.